The molecule has 1 N–H and O–H groups in total. The molecule has 0 aliphatic heterocycles. The van der Waals surface area contributed by atoms with Crippen molar-refractivity contribution in [2.45, 2.75) is 52.0 Å². The molecule has 1 aliphatic carbocycles. The molecule has 0 bridgehead atoms. The van der Waals surface area contributed by atoms with Gasteiger partial charge in [-0.2, -0.15) is 0 Å². The molecule has 1 aromatic heterocycles. The predicted octanol–water partition coefficient (Wildman–Crippen LogP) is 7.58. The molecule has 32 heavy (non-hydrogen) atoms. The van der Waals surface area contributed by atoms with Crippen LogP contribution in [-0.4, -0.2) is 19.1 Å². The van der Waals surface area contributed by atoms with E-state index in [0.717, 1.165) is 51.6 Å². The monoisotopic (exact) mass is 471 g/mol. The number of ether oxygens (including phenoxy) is 1. The minimum Gasteiger partial charge on any atom is -0.496 e. The van der Waals surface area contributed by atoms with Crippen LogP contribution in [0.15, 0.2) is 41.0 Å². The molecule has 4 nitrogen and oxygen atoms in total. The first-order valence-electron chi connectivity index (χ1n) is 10.9. The van der Waals surface area contributed by atoms with E-state index in [-0.39, 0.29) is 11.9 Å². The highest BCUT2D eigenvalue weighted by Crippen LogP contribution is 2.42. The first kappa shape index (κ1) is 22.8. The van der Waals surface area contributed by atoms with E-state index in [1.807, 2.05) is 26.0 Å². The molecular formula is C26H27Cl2NO3. The van der Waals surface area contributed by atoms with Crippen molar-refractivity contribution < 1.29 is 13.9 Å². The highest BCUT2D eigenvalue weighted by molar-refractivity contribution is 6.36. The van der Waals surface area contributed by atoms with Crippen molar-refractivity contribution in [3.8, 4) is 16.9 Å². The van der Waals surface area contributed by atoms with Crippen LogP contribution in [0.5, 0.6) is 5.75 Å². The number of hydrogen-bond acceptors (Lipinski definition) is 3. The van der Waals surface area contributed by atoms with Gasteiger partial charge in [0.25, 0.3) is 0 Å². The van der Waals surface area contributed by atoms with Crippen molar-refractivity contribution >= 4 is 45.7 Å². The van der Waals surface area contributed by atoms with Gasteiger partial charge in [0.05, 0.1) is 18.4 Å². The van der Waals surface area contributed by atoms with Gasteiger partial charge in [-0.05, 0) is 50.5 Å². The summed E-state index contributed by atoms with van der Waals surface area (Å²) in [7, 11) is 1.63. The fraction of sp³-hybridized carbons (Fsp3) is 0.346. The van der Waals surface area contributed by atoms with E-state index in [1.54, 1.807) is 31.6 Å². The quantitative estimate of drug-likeness (QED) is 0.390. The lowest BCUT2D eigenvalue weighted by atomic mass is 9.95. The Hall–Kier alpha value is -2.43. The zero-order chi connectivity index (χ0) is 22.8. The third-order valence-electron chi connectivity index (χ3n) is 6.19. The molecule has 1 heterocycles. The standard InChI is InChI=1S/C26H27Cl2NO3/c1-15(11-24(30)29-18-7-5-4-6-8-18)20-13-21-22(19-10-9-17(27)12-23(19)28)14-32-26(21)16(2)25(20)31-3/h9-14,18H,4-8H2,1-3H3,(H,29,30)/b15-11+. The third kappa shape index (κ3) is 4.53. The highest BCUT2D eigenvalue weighted by Gasteiger charge is 2.20. The zero-order valence-corrected chi connectivity index (χ0v) is 20.1. The predicted molar refractivity (Wildman–Crippen MR) is 132 cm³/mol. The fourth-order valence-electron chi connectivity index (χ4n) is 4.55. The van der Waals surface area contributed by atoms with E-state index < -0.39 is 0 Å². The number of hydrogen-bond donors (Lipinski definition) is 1. The van der Waals surface area contributed by atoms with Gasteiger partial charge in [0.1, 0.15) is 11.3 Å². The van der Waals surface area contributed by atoms with Gasteiger partial charge in [0.2, 0.25) is 5.91 Å². The fourth-order valence-corrected chi connectivity index (χ4v) is 5.06. The van der Waals surface area contributed by atoms with E-state index in [2.05, 4.69) is 5.32 Å². The molecule has 1 saturated carbocycles. The Bertz CT molecular complexity index is 1190. The summed E-state index contributed by atoms with van der Waals surface area (Å²) in [5.74, 6) is 0.627. The Morgan fingerprint density at radius 3 is 2.59 bits per heavy atom. The van der Waals surface area contributed by atoms with Crippen molar-refractivity contribution in [3.63, 3.8) is 0 Å². The van der Waals surface area contributed by atoms with Crippen LogP contribution in [0.3, 0.4) is 0 Å². The van der Waals surface area contributed by atoms with Crippen LogP contribution in [0, 0.1) is 6.92 Å². The molecule has 1 amide bonds. The Kier molecular flexibility index (Phi) is 6.82. The van der Waals surface area contributed by atoms with E-state index in [9.17, 15) is 4.79 Å². The number of rotatable bonds is 5. The second-order valence-electron chi connectivity index (χ2n) is 8.40. The molecule has 0 saturated heterocycles. The van der Waals surface area contributed by atoms with Crippen molar-refractivity contribution in [2.75, 3.05) is 7.11 Å². The van der Waals surface area contributed by atoms with E-state index in [0.29, 0.717) is 15.8 Å². The van der Waals surface area contributed by atoms with E-state index in [4.69, 9.17) is 32.4 Å². The number of benzene rings is 2. The Balaban J connectivity index is 1.75. The summed E-state index contributed by atoms with van der Waals surface area (Å²) in [5.41, 5.74) is 4.98. The van der Waals surface area contributed by atoms with E-state index >= 15 is 0 Å². The van der Waals surface area contributed by atoms with Crippen LogP contribution in [-0.2, 0) is 4.79 Å². The molecule has 2 aromatic carbocycles. The Morgan fingerprint density at radius 2 is 1.91 bits per heavy atom. The summed E-state index contributed by atoms with van der Waals surface area (Å²) in [4.78, 5) is 12.7. The largest absolute Gasteiger partial charge is 0.496 e. The van der Waals surface area contributed by atoms with Crippen LogP contribution < -0.4 is 10.1 Å². The normalized spacial score (nSPS) is 15.2. The lowest BCUT2D eigenvalue weighted by molar-refractivity contribution is -0.117. The molecule has 0 atom stereocenters. The number of aryl methyl sites for hydroxylation is 1. The molecule has 6 heteroatoms. The average molecular weight is 472 g/mol. The van der Waals surface area contributed by atoms with Crippen molar-refractivity contribution in [2.24, 2.45) is 0 Å². The summed E-state index contributed by atoms with van der Waals surface area (Å²) in [6.45, 7) is 3.88. The number of carbonyl (C=O) groups excluding carboxylic acids is 1. The van der Waals surface area contributed by atoms with Gasteiger partial charge in [0.15, 0.2) is 0 Å². The summed E-state index contributed by atoms with van der Waals surface area (Å²) in [5, 5.41) is 5.18. The van der Waals surface area contributed by atoms with Gasteiger partial charge in [-0.3, -0.25) is 4.79 Å². The summed E-state index contributed by atoms with van der Waals surface area (Å²) in [6, 6.07) is 7.67. The number of methoxy groups -OCH3 is 1. The van der Waals surface area contributed by atoms with Crippen molar-refractivity contribution in [3.05, 3.63) is 57.8 Å². The van der Waals surface area contributed by atoms with Crippen LogP contribution in [0.2, 0.25) is 10.0 Å². The minimum atomic E-state index is -0.0673. The number of halogens is 2. The smallest absolute Gasteiger partial charge is 0.244 e. The maximum Gasteiger partial charge on any atom is 0.244 e. The van der Waals surface area contributed by atoms with Crippen LogP contribution >= 0.6 is 23.2 Å². The van der Waals surface area contributed by atoms with Gasteiger partial charge < -0.3 is 14.5 Å². The van der Waals surface area contributed by atoms with Crippen LogP contribution in [0.4, 0.5) is 0 Å². The summed E-state index contributed by atoms with van der Waals surface area (Å²) >= 11 is 12.5. The second kappa shape index (κ2) is 9.60. The lowest BCUT2D eigenvalue weighted by Crippen LogP contribution is -2.35. The second-order valence-corrected chi connectivity index (χ2v) is 9.25. The molecule has 0 unspecified atom stereocenters. The Labute approximate surface area is 198 Å². The number of fused-ring (bicyclic) bond motifs is 1. The molecular weight excluding hydrogens is 445 g/mol. The Morgan fingerprint density at radius 1 is 1.16 bits per heavy atom. The van der Waals surface area contributed by atoms with Crippen LogP contribution in [0.1, 0.15) is 50.2 Å². The molecule has 168 valence electrons. The van der Waals surface area contributed by atoms with E-state index in [1.165, 1.54) is 19.3 Å². The summed E-state index contributed by atoms with van der Waals surface area (Å²) < 4.78 is 11.6. The first-order chi connectivity index (χ1) is 15.4. The van der Waals surface area contributed by atoms with Crippen molar-refractivity contribution in [1.82, 2.24) is 5.32 Å². The SMILES string of the molecule is COc1c(/C(C)=C/C(=O)NC2CCCCC2)cc2c(-c3ccc(Cl)cc3Cl)coc2c1C. The average Bonchev–Trinajstić information content (AvgIpc) is 3.18. The number of nitrogens with one attached hydrogen (secondary N) is 1. The van der Waals surface area contributed by atoms with Gasteiger partial charge in [-0.25, -0.2) is 0 Å². The molecule has 0 spiro atoms. The number of allylic oxidation sites excluding steroid dienone is 1. The van der Waals surface area contributed by atoms with Crippen LogP contribution in [0.25, 0.3) is 27.7 Å². The molecule has 4 rings (SSSR count). The van der Waals surface area contributed by atoms with Crippen molar-refractivity contribution in [1.29, 1.82) is 0 Å². The highest BCUT2D eigenvalue weighted by atomic mass is 35.5. The molecule has 0 radical (unpaired) electrons. The van der Waals surface area contributed by atoms with Gasteiger partial charge in [-0.1, -0.05) is 48.5 Å². The maximum absolute atomic E-state index is 12.7. The molecule has 1 aliphatic rings. The lowest BCUT2D eigenvalue weighted by Gasteiger charge is -2.22. The number of amides is 1. The van der Waals surface area contributed by atoms with Gasteiger partial charge >= 0.3 is 0 Å². The van der Waals surface area contributed by atoms with Gasteiger partial charge in [0, 0.05) is 44.8 Å². The topological polar surface area (TPSA) is 51.5 Å². The molecule has 1 fully saturated rings. The number of carbonyl (C=O) groups is 1. The zero-order valence-electron chi connectivity index (χ0n) is 18.6. The third-order valence-corrected chi connectivity index (χ3v) is 6.74. The van der Waals surface area contributed by atoms with Gasteiger partial charge in [-0.15, -0.1) is 0 Å². The molecule has 3 aromatic rings. The number of furan rings is 1. The minimum absolute atomic E-state index is 0.0673. The first-order valence-corrected chi connectivity index (χ1v) is 11.7. The summed E-state index contributed by atoms with van der Waals surface area (Å²) in [6.07, 6.45) is 9.06. The maximum atomic E-state index is 12.7.